The SMILES string of the molecule is CC(C)(C)OC(=O)N1CCN(c2cc(F)c(CCNC(=O)c3sc4nc(C#N)ccc4c3N)cc2F)CC1. The maximum Gasteiger partial charge on any atom is 0.410 e. The van der Waals surface area contributed by atoms with E-state index in [4.69, 9.17) is 15.7 Å². The second kappa shape index (κ2) is 10.8. The van der Waals surface area contributed by atoms with Crippen LogP contribution in [0.5, 0.6) is 0 Å². The van der Waals surface area contributed by atoms with Gasteiger partial charge in [-0.1, -0.05) is 0 Å². The van der Waals surface area contributed by atoms with Crippen LogP contribution in [0.15, 0.2) is 24.3 Å². The van der Waals surface area contributed by atoms with Crippen LogP contribution in [0.1, 0.15) is 41.7 Å². The molecule has 4 rings (SSSR count). The molecule has 0 unspecified atom stereocenters. The molecule has 1 aliphatic rings. The molecule has 3 aromatic rings. The molecule has 38 heavy (non-hydrogen) atoms. The van der Waals surface area contributed by atoms with Gasteiger partial charge in [0, 0.05) is 44.2 Å². The van der Waals surface area contributed by atoms with Crippen LogP contribution in [-0.2, 0) is 11.2 Å². The Morgan fingerprint density at radius 2 is 1.89 bits per heavy atom. The highest BCUT2D eigenvalue weighted by Crippen LogP contribution is 2.32. The third-order valence-corrected chi connectivity index (χ3v) is 7.10. The Labute approximate surface area is 222 Å². The minimum Gasteiger partial charge on any atom is -0.444 e. The van der Waals surface area contributed by atoms with E-state index in [0.29, 0.717) is 36.4 Å². The van der Waals surface area contributed by atoms with Crippen LogP contribution < -0.4 is 16.0 Å². The Kier molecular flexibility index (Phi) is 7.68. The molecule has 2 aromatic heterocycles. The van der Waals surface area contributed by atoms with E-state index < -0.39 is 29.2 Å². The van der Waals surface area contributed by atoms with Gasteiger partial charge in [0.05, 0.1) is 11.4 Å². The van der Waals surface area contributed by atoms with E-state index in [9.17, 15) is 18.4 Å². The zero-order valence-corrected chi connectivity index (χ0v) is 22.1. The van der Waals surface area contributed by atoms with Gasteiger partial charge in [0.15, 0.2) is 0 Å². The quantitative estimate of drug-likeness (QED) is 0.498. The zero-order valence-electron chi connectivity index (χ0n) is 21.3. The van der Waals surface area contributed by atoms with Crippen LogP contribution in [0.4, 0.5) is 25.0 Å². The van der Waals surface area contributed by atoms with E-state index in [1.54, 1.807) is 36.6 Å². The molecule has 0 aliphatic carbocycles. The smallest absolute Gasteiger partial charge is 0.410 e. The van der Waals surface area contributed by atoms with Crippen molar-refractivity contribution in [3.05, 3.63) is 52.0 Å². The number of nitrogens with one attached hydrogen (secondary N) is 1. The number of amides is 2. The van der Waals surface area contributed by atoms with Crippen LogP contribution in [-0.4, -0.2) is 60.2 Å². The number of benzene rings is 1. The average Bonchev–Trinajstić information content (AvgIpc) is 3.20. The lowest BCUT2D eigenvalue weighted by Gasteiger charge is -2.37. The van der Waals surface area contributed by atoms with Gasteiger partial charge >= 0.3 is 6.09 Å². The van der Waals surface area contributed by atoms with Crippen molar-refractivity contribution in [3.8, 4) is 6.07 Å². The molecule has 2 amide bonds. The maximum absolute atomic E-state index is 14.9. The summed E-state index contributed by atoms with van der Waals surface area (Å²) in [6.45, 7) is 6.77. The fourth-order valence-electron chi connectivity index (χ4n) is 4.09. The van der Waals surface area contributed by atoms with Crippen LogP contribution in [0.2, 0.25) is 0 Å². The molecule has 0 atom stereocenters. The summed E-state index contributed by atoms with van der Waals surface area (Å²) < 4.78 is 35.2. The number of piperazine rings is 1. The summed E-state index contributed by atoms with van der Waals surface area (Å²) in [4.78, 5) is 33.0. The van der Waals surface area contributed by atoms with E-state index in [1.807, 2.05) is 6.07 Å². The second-order valence-corrected chi connectivity index (χ2v) is 10.9. The molecule has 1 aliphatic heterocycles. The van der Waals surface area contributed by atoms with Gasteiger partial charge in [-0.15, -0.1) is 11.3 Å². The zero-order chi connectivity index (χ0) is 27.6. The number of nitrogens with two attached hydrogens (primary N) is 1. The van der Waals surface area contributed by atoms with Gasteiger partial charge in [-0.05, 0) is 51.0 Å². The van der Waals surface area contributed by atoms with E-state index >= 15 is 0 Å². The number of nitrogens with zero attached hydrogens (tertiary/aromatic N) is 4. The predicted molar refractivity (Wildman–Crippen MR) is 141 cm³/mol. The number of carbonyl (C=O) groups excluding carboxylic acids is 2. The van der Waals surface area contributed by atoms with Crippen LogP contribution in [0.25, 0.3) is 10.2 Å². The van der Waals surface area contributed by atoms with E-state index in [0.717, 1.165) is 23.5 Å². The summed E-state index contributed by atoms with van der Waals surface area (Å²) in [6.07, 6.45) is -0.357. The fraction of sp³-hybridized carbons (Fsp3) is 0.385. The van der Waals surface area contributed by atoms with Crippen molar-refractivity contribution in [1.82, 2.24) is 15.2 Å². The van der Waals surface area contributed by atoms with E-state index in [1.165, 1.54) is 6.07 Å². The van der Waals surface area contributed by atoms with Crippen molar-refractivity contribution in [2.45, 2.75) is 32.8 Å². The van der Waals surface area contributed by atoms with E-state index in [2.05, 4.69) is 10.3 Å². The van der Waals surface area contributed by atoms with Crippen molar-refractivity contribution >= 4 is 44.9 Å². The fourth-order valence-corrected chi connectivity index (χ4v) is 5.10. The molecule has 1 aromatic carbocycles. The molecular formula is C26H28F2N6O3S. The molecule has 200 valence electrons. The maximum atomic E-state index is 14.9. The van der Waals surface area contributed by atoms with Gasteiger partial charge < -0.3 is 25.6 Å². The molecule has 1 saturated heterocycles. The topological polar surface area (TPSA) is 125 Å². The molecule has 9 nitrogen and oxygen atoms in total. The molecule has 12 heteroatoms. The number of ether oxygens (including phenoxy) is 1. The second-order valence-electron chi connectivity index (χ2n) is 9.86. The van der Waals surface area contributed by atoms with Gasteiger partial charge in [-0.25, -0.2) is 18.6 Å². The number of hydrogen-bond acceptors (Lipinski definition) is 8. The van der Waals surface area contributed by atoms with Crippen molar-refractivity contribution < 1.29 is 23.1 Å². The summed E-state index contributed by atoms with van der Waals surface area (Å²) >= 11 is 1.06. The number of rotatable bonds is 5. The molecule has 0 radical (unpaired) electrons. The number of aromatic nitrogens is 1. The molecule has 3 N–H and O–H groups in total. The lowest BCUT2D eigenvalue weighted by atomic mass is 10.1. The Hall–Kier alpha value is -3.98. The first-order valence-corrected chi connectivity index (χ1v) is 12.9. The van der Waals surface area contributed by atoms with Crippen molar-refractivity contribution in [2.75, 3.05) is 43.4 Å². The lowest BCUT2D eigenvalue weighted by molar-refractivity contribution is 0.0240. The highest BCUT2D eigenvalue weighted by molar-refractivity contribution is 7.21. The van der Waals surface area contributed by atoms with Crippen molar-refractivity contribution in [1.29, 1.82) is 5.26 Å². The molecule has 0 bridgehead atoms. The molecule has 3 heterocycles. The minimum atomic E-state index is -0.609. The third kappa shape index (κ3) is 5.94. The van der Waals surface area contributed by atoms with Gasteiger partial charge in [-0.3, -0.25) is 4.79 Å². The number of nitrogen functional groups attached to an aromatic ring is 1. The largest absolute Gasteiger partial charge is 0.444 e. The van der Waals surface area contributed by atoms with Crippen LogP contribution >= 0.6 is 11.3 Å². The highest BCUT2D eigenvalue weighted by atomic mass is 32.1. The van der Waals surface area contributed by atoms with Crippen molar-refractivity contribution in [3.63, 3.8) is 0 Å². The summed E-state index contributed by atoms with van der Waals surface area (Å²) in [5.74, 6) is -1.62. The first-order valence-electron chi connectivity index (χ1n) is 12.0. The number of nitriles is 1. The van der Waals surface area contributed by atoms with E-state index in [-0.39, 0.29) is 40.5 Å². The molecular weight excluding hydrogens is 514 g/mol. The first kappa shape index (κ1) is 27.1. The number of fused-ring (bicyclic) bond motifs is 1. The van der Waals surface area contributed by atoms with Gasteiger partial charge in [0.25, 0.3) is 5.91 Å². The predicted octanol–water partition coefficient (Wildman–Crippen LogP) is 4.06. The molecule has 0 spiro atoms. The summed E-state index contributed by atoms with van der Waals surface area (Å²) in [5.41, 5.74) is 6.20. The highest BCUT2D eigenvalue weighted by Gasteiger charge is 2.27. The number of hydrogen-bond donors (Lipinski definition) is 2. The molecule has 1 fully saturated rings. The molecule has 0 saturated carbocycles. The number of pyridine rings is 1. The van der Waals surface area contributed by atoms with Gasteiger partial charge in [0.1, 0.15) is 38.7 Å². The Balaban J connectivity index is 1.35. The number of anilines is 2. The summed E-state index contributed by atoms with van der Waals surface area (Å²) in [6, 6.07) is 7.39. The number of carbonyl (C=O) groups is 2. The third-order valence-electron chi connectivity index (χ3n) is 5.98. The van der Waals surface area contributed by atoms with Gasteiger partial charge in [-0.2, -0.15) is 5.26 Å². The number of thiophene rings is 1. The lowest BCUT2D eigenvalue weighted by Crippen LogP contribution is -2.50. The van der Waals surface area contributed by atoms with Crippen LogP contribution in [0.3, 0.4) is 0 Å². The standard InChI is InChI=1S/C26H28F2N6O3S/c1-26(2,3)37-25(36)34-10-8-33(9-11-34)20-13-18(27)15(12-19(20)28)6-7-31-23(35)22-21(30)17-5-4-16(14-29)32-24(17)38-22/h4-5,12-13H,6-11,30H2,1-3H3,(H,31,35). The normalized spacial score (nSPS) is 13.9. The van der Waals surface area contributed by atoms with Crippen molar-refractivity contribution in [2.24, 2.45) is 0 Å². The number of halogens is 2. The van der Waals surface area contributed by atoms with Crippen LogP contribution in [0, 0.1) is 23.0 Å². The monoisotopic (exact) mass is 542 g/mol. The first-order chi connectivity index (χ1) is 18.0. The minimum absolute atomic E-state index is 0.0632. The average molecular weight is 543 g/mol. The Bertz CT molecular complexity index is 1420. The summed E-state index contributed by atoms with van der Waals surface area (Å²) in [7, 11) is 0. The Morgan fingerprint density at radius 3 is 2.55 bits per heavy atom. The summed E-state index contributed by atoms with van der Waals surface area (Å²) in [5, 5.41) is 12.3. The Morgan fingerprint density at radius 1 is 1.18 bits per heavy atom. The van der Waals surface area contributed by atoms with Gasteiger partial charge in [0.2, 0.25) is 0 Å².